The third-order valence-corrected chi connectivity index (χ3v) is 5.53. The normalized spacial score (nSPS) is 13.5. The van der Waals surface area contributed by atoms with Crippen LogP contribution in [-0.4, -0.2) is 36.2 Å². The summed E-state index contributed by atoms with van der Waals surface area (Å²) in [5, 5.41) is 18.9. The van der Waals surface area contributed by atoms with E-state index >= 15 is 0 Å². The molecule has 3 rings (SSSR count). The molecule has 1 N–H and O–H groups in total. The zero-order valence-electron chi connectivity index (χ0n) is 17.2. The highest BCUT2D eigenvalue weighted by molar-refractivity contribution is 5.79. The molecular weight excluding hydrogens is 352 g/mol. The smallest absolute Gasteiger partial charge is 0.152 e. The highest BCUT2D eigenvalue weighted by Crippen LogP contribution is 2.32. The summed E-state index contributed by atoms with van der Waals surface area (Å²) in [7, 11) is 1.96. The number of hydrogen-bond donors (Lipinski definition) is 1. The zero-order chi connectivity index (χ0) is 20.3. The average molecular weight is 380 g/mol. The number of aromatic nitrogens is 6. The molecule has 0 aliphatic heterocycles. The van der Waals surface area contributed by atoms with Gasteiger partial charge in [-0.25, -0.2) is 5.10 Å². The summed E-state index contributed by atoms with van der Waals surface area (Å²) in [6, 6.07) is 8.51. The van der Waals surface area contributed by atoms with Crippen LogP contribution >= 0.6 is 0 Å². The van der Waals surface area contributed by atoms with E-state index in [1.54, 1.807) is 6.92 Å². The van der Waals surface area contributed by atoms with Crippen LogP contribution in [0.3, 0.4) is 0 Å². The molecule has 0 fully saturated rings. The predicted octanol–water partition coefficient (Wildman–Crippen LogP) is 3.55. The van der Waals surface area contributed by atoms with E-state index < -0.39 is 0 Å². The number of hydrogen-bond acceptors (Lipinski definition) is 5. The minimum absolute atomic E-state index is 0.0554. The van der Waals surface area contributed by atoms with E-state index in [-0.39, 0.29) is 17.6 Å². The molecule has 1 aromatic carbocycles. The first-order valence-electron chi connectivity index (χ1n) is 9.75. The molecule has 2 atom stereocenters. The van der Waals surface area contributed by atoms with Gasteiger partial charge in [0.15, 0.2) is 5.82 Å². The summed E-state index contributed by atoms with van der Waals surface area (Å²) in [6.45, 7) is 7.87. The number of H-pyrrole nitrogens is 1. The molecular formula is C21H28N6O. The monoisotopic (exact) mass is 380 g/mol. The van der Waals surface area contributed by atoms with Gasteiger partial charge in [-0.1, -0.05) is 37.6 Å². The molecule has 0 amide bonds. The summed E-state index contributed by atoms with van der Waals surface area (Å²) in [6.07, 6.45) is 2.49. The van der Waals surface area contributed by atoms with Gasteiger partial charge in [0.2, 0.25) is 0 Å². The lowest BCUT2D eigenvalue weighted by atomic mass is 9.81. The summed E-state index contributed by atoms with van der Waals surface area (Å²) in [4.78, 5) is 12.3. The van der Waals surface area contributed by atoms with Crippen LogP contribution in [-0.2, 0) is 18.3 Å². The number of aryl methyl sites for hydroxylation is 2. The van der Waals surface area contributed by atoms with Crippen molar-refractivity contribution in [1.29, 1.82) is 0 Å². The number of Topliss-reactive ketones (excluding diaryl/α,β-unsaturated/α-hetero) is 1. The van der Waals surface area contributed by atoms with Crippen molar-refractivity contribution >= 4 is 5.78 Å². The van der Waals surface area contributed by atoms with Gasteiger partial charge in [-0.05, 0) is 55.2 Å². The summed E-state index contributed by atoms with van der Waals surface area (Å²) in [5.74, 6) is 0.709. The standard InChI is InChI=1S/C21H28N6O/c1-6-7-18(15(4)28)19(21-22-25-26-23-21)12-16-8-10-17(11-9-16)20-13(2)24-27(5)14(20)3/h8-11,18-19H,6-7,12H2,1-5H3,(H,22,23,25,26)/t18-,19+/m1/s1. The van der Waals surface area contributed by atoms with Gasteiger partial charge >= 0.3 is 0 Å². The van der Waals surface area contributed by atoms with E-state index in [1.165, 1.54) is 5.56 Å². The Morgan fingerprint density at radius 1 is 1.21 bits per heavy atom. The van der Waals surface area contributed by atoms with Gasteiger partial charge in [-0.15, -0.1) is 5.10 Å². The molecule has 0 bridgehead atoms. The van der Waals surface area contributed by atoms with Gasteiger partial charge in [0.1, 0.15) is 5.78 Å². The van der Waals surface area contributed by atoms with Crippen molar-refractivity contribution in [2.45, 2.75) is 52.9 Å². The predicted molar refractivity (Wildman–Crippen MR) is 108 cm³/mol. The fourth-order valence-electron chi connectivity index (χ4n) is 4.00. The number of tetrazole rings is 1. The van der Waals surface area contributed by atoms with Crippen LogP contribution in [0.1, 0.15) is 55.4 Å². The lowest BCUT2D eigenvalue weighted by molar-refractivity contribution is -0.121. The maximum absolute atomic E-state index is 12.3. The number of nitrogens with zero attached hydrogens (tertiary/aromatic N) is 5. The Morgan fingerprint density at radius 2 is 1.93 bits per heavy atom. The van der Waals surface area contributed by atoms with Crippen LogP contribution in [0.4, 0.5) is 0 Å². The molecule has 3 aromatic rings. The van der Waals surface area contributed by atoms with E-state index in [4.69, 9.17) is 0 Å². The van der Waals surface area contributed by atoms with Crippen LogP contribution in [0.2, 0.25) is 0 Å². The van der Waals surface area contributed by atoms with Gasteiger partial charge in [-0.3, -0.25) is 9.48 Å². The SMILES string of the molecule is CCC[C@H](C(C)=O)[C@H](Cc1ccc(-c2c(C)nn(C)c2C)cc1)c1nnn[nH]1. The van der Waals surface area contributed by atoms with Crippen molar-refractivity contribution in [3.05, 3.63) is 47.0 Å². The molecule has 0 aliphatic carbocycles. The third kappa shape index (κ3) is 4.03. The van der Waals surface area contributed by atoms with Crippen LogP contribution < -0.4 is 0 Å². The van der Waals surface area contributed by atoms with Crippen LogP contribution in [0.15, 0.2) is 24.3 Å². The molecule has 7 nitrogen and oxygen atoms in total. The summed E-state index contributed by atoms with van der Waals surface area (Å²) in [5.41, 5.74) is 5.67. The topological polar surface area (TPSA) is 89.3 Å². The molecule has 148 valence electrons. The van der Waals surface area contributed by atoms with Crippen molar-refractivity contribution in [2.75, 3.05) is 0 Å². The van der Waals surface area contributed by atoms with Gasteiger partial charge in [0.25, 0.3) is 0 Å². The Kier molecular flexibility index (Phi) is 6.02. The molecule has 0 unspecified atom stereocenters. The minimum Gasteiger partial charge on any atom is -0.300 e. The van der Waals surface area contributed by atoms with Gasteiger partial charge < -0.3 is 0 Å². The quantitative estimate of drug-likeness (QED) is 0.645. The lowest BCUT2D eigenvalue weighted by Gasteiger charge is -2.23. The Balaban J connectivity index is 1.88. The van der Waals surface area contributed by atoms with Gasteiger partial charge in [0, 0.05) is 30.1 Å². The molecule has 7 heteroatoms. The van der Waals surface area contributed by atoms with E-state index in [0.717, 1.165) is 35.4 Å². The molecule has 2 heterocycles. The number of aromatic amines is 1. The zero-order valence-corrected chi connectivity index (χ0v) is 17.2. The first-order chi connectivity index (χ1) is 13.4. The fourth-order valence-corrected chi connectivity index (χ4v) is 4.00. The van der Waals surface area contributed by atoms with Crippen LogP contribution in [0.5, 0.6) is 0 Å². The van der Waals surface area contributed by atoms with Crippen molar-refractivity contribution in [3.63, 3.8) is 0 Å². The summed E-state index contributed by atoms with van der Waals surface area (Å²) < 4.78 is 1.91. The average Bonchev–Trinajstić information content (AvgIpc) is 3.27. The maximum Gasteiger partial charge on any atom is 0.152 e. The second kappa shape index (κ2) is 8.46. The second-order valence-corrected chi connectivity index (χ2v) is 7.47. The first kappa shape index (κ1) is 19.9. The first-order valence-corrected chi connectivity index (χ1v) is 9.75. The van der Waals surface area contributed by atoms with Crippen molar-refractivity contribution in [1.82, 2.24) is 30.4 Å². The number of carbonyl (C=O) groups excluding carboxylic acids is 1. The Morgan fingerprint density at radius 3 is 2.43 bits per heavy atom. The number of benzene rings is 1. The Labute approximate surface area is 165 Å². The number of rotatable bonds is 8. The maximum atomic E-state index is 12.3. The second-order valence-electron chi connectivity index (χ2n) is 7.47. The minimum atomic E-state index is -0.0951. The number of carbonyl (C=O) groups is 1. The molecule has 0 saturated carbocycles. The molecule has 0 radical (unpaired) electrons. The van der Waals surface area contributed by atoms with Crippen LogP contribution in [0.25, 0.3) is 11.1 Å². The van der Waals surface area contributed by atoms with E-state index in [1.807, 2.05) is 18.7 Å². The van der Waals surface area contributed by atoms with Crippen molar-refractivity contribution in [2.24, 2.45) is 13.0 Å². The Bertz CT molecular complexity index is 927. The largest absolute Gasteiger partial charge is 0.300 e. The van der Waals surface area contributed by atoms with E-state index in [9.17, 15) is 4.79 Å². The number of nitrogens with one attached hydrogen (secondary N) is 1. The number of ketones is 1. The molecule has 0 spiro atoms. The molecule has 0 saturated heterocycles. The van der Waals surface area contributed by atoms with Gasteiger partial charge in [0.05, 0.1) is 5.69 Å². The highest BCUT2D eigenvalue weighted by atomic mass is 16.1. The van der Waals surface area contributed by atoms with Crippen molar-refractivity contribution < 1.29 is 4.79 Å². The highest BCUT2D eigenvalue weighted by Gasteiger charge is 2.29. The van der Waals surface area contributed by atoms with Gasteiger partial charge in [-0.2, -0.15) is 5.10 Å². The fraction of sp³-hybridized carbons (Fsp3) is 0.476. The lowest BCUT2D eigenvalue weighted by Crippen LogP contribution is -2.23. The van der Waals surface area contributed by atoms with Crippen molar-refractivity contribution in [3.8, 4) is 11.1 Å². The summed E-state index contributed by atoms with van der Waals surface area (Å²) >= 11 is 0. The van der Waals surface area contributed by atoms with E-state index in [0.29, 0.717) is 12.2 Å². The van der Waals surface area contributed by atoms with Crippen LogP contribution in [0, 0.1) is 19.8 Å². The Hall–Kier alpha value is -2.83. The molecule has 0 aliphatic rings. The van der Waals surface area contributed by atoms with E-state index in [2.05, 4.69) is 63.8 Å². The molecule has 28 heavy (non-hydrogen) atoms. The third-order valence-electron chi connectivity index (χ3n) is 5.53. The molecule has 2 aromatic heterocycles.